The summed E-state index contributed by atoms with van der Waals surface area (Å²) < 4.78 is 0. The van der Waals surface area contributed by atoms with Crippen molar-refractivity contribution < 1.29 is 0 Å². The molecule has 0 aliphatic heterocycles. The number of isothiocyanates is 1. The lowest BCUT2D eigenvalue weighted by atomic mass is 9.91. The van der Waals surface area contributed by atoms with Crippen molar-refractivity contribution in [2.45, 2.75) is 52.4 Å². The molecule has 0 aliphatic rings. The van der Waals surface area contributed by atoms with Crippen LogP contribution in [0.3, 0.4) is 0 Å². The standard InChI is InChI=1S/C15H20NS/c1-5-11(3)13-7-14(12(4)6-2)9-15(8-13)16-10-17/h8-9,11-12H,5-6H2,1-4H3. The average Bonchev–Trinajstić information content (AvgIpc) is 2.36. The summed E-state index contributed by atoms with van der Waals surface area (Å²) in [6, 6.07) is 7.66. The first-order valence-electron chi connectivity index (χ1n) is 6.27. The fourth-order valence-electron chi connectivity index (χ4n) is 1.69. The molecule has 0 aliphatic carbocycles. The number of aliphatic imine (C=N–C) groups is 1. The van der Waals surface area contributed by atoms with E-state index in [0.717, 1.165) is 18.5 Å². The highest BCUT2D eigenvalue weighted by molar-refractivity contribution is 7.78. The van der Waals surface area contributed by atoms with Crippen LogP contribution >= 0.6 is 12.2 Å². The van der Waals surface area contributed by atoms with Crippen molar-refractivity contribution in [2.75, 3.05) is 0 Å². The monoisotopic (exact) mass is 246 g/mol. The van der Waals surface area contributed by atoms with Crippen LogP contribution in [-0.2, 0) is 0 Å². The Kier molecular flexibility index (Phi) is 5.54. The molecule has 2 atom stereocenters. The molecule has 1 aromatic carbocycles. The number of nitrogens with zero attached hydrogens (tertiary/aromatic N) is 1. The zero-order chi connectivity index (χ0) is 12.8. The topological polar surface area (TPSA) is 12.4 Å². The van der Waals surface area contributed by atoms with Crippen LogP contribution in [0.4, 0.5) is 5.69 Å². The Morgan fingerprint density at radius 1 is 1.18 bits per heavy atom. The van der Waals surface area contributed by atoms with Crippen molar-refractivity contribution in [3.8, 4) is 0 Å². The molecular weight excluding hydrogens is 226 g/mol. The Bertz CT molecular complexity index is 391. The van der Waals surface area contributed by atoms with Crippen LogP contribution in [0.2, 0.25) is 0 Å². The minimum atomic E-state index is 0.512. The molecule has 0 bridgehead atoms. The number of benzene rings is 1. The molecule has 0 saturated carbocycles. The van der Waals surface area contributed by atoms with E-state index < -0.39 is 0 Å². The Morgan fingerprint density at radius 2 is 1.65 bits per heavy atom. The quantitative estimate of drug-likeness (QED) is 0.510. The maximum Gasteiger partial charge on any atom is 0.0745 e. The minimum Gasteiger partial charge on any atom is -0.195 e. The van der Waals surface area contributed by atoms with Crippen LogP contribution in [-0.4, -0.2) is 5.16 Å². The molecular formula is C15H20NS. The zero-order valence-corrected chi connectivity index (χ0v) is 11.9. The van der Waals surface area contributed by atoms with E-state index in [0.29, 0.717) is 11.8 Å². The number of hydrogen-bond donors (Lipinski definition) is 0. The van der Waals surface area contributed by atoms with Crippen molar-refractivity contribution >= 4 is 23.1 Å². The Balaban J connectivity index is 3.22. The van der Waals surface area contributed by atoms with E-state index in [2.05, 4.69) is 68.3 Å². The molecule has 2 unspecified atom stereocenters. The fourth-order valence-corrected chi connectivity index (χ4v) is 1.79. The summed E-state index contributed by atoms with van der Waals surface area (Å²) in [7, 11) is 0. The van der Waals surface area contributed by atoms with Crippen molar-refractivity contribution in [1.29, 1.82) is 0 Å². The highest BCUT2D eigenvalue weighted by Gasteiger charge is 2.10. The predicted octanol–water partition coefficient (Wildman–Crippen LogP) is 5.25. The Hall–Kier alpha value is -0.980. The van der Waals surface area contributed by atoms with Crippen molar-refractivity contribution in [2.24, 2.45) is 4.99 Å². The molecule has 91 valence electrons. The van der Waals surface area contributed by atoms with Gasteiger partial charge in [-0.3, -0.25) is 0 Å². The maximum atomic E-state index is 4.68. The summed E-state index contributed by atoms with van der Waals surface area (Å²) in [6.45, 7) is 8.82. The molecule has 0 N–H and O–H groups in total. The summed E-state index contributed by atoms with van der Waals surface area (Å²) in [6.07, 6.45) is 2.22. The first-order valence-corrected chi connectivity index (χ1v) is 6.68. The summed E-state index contributed by atoms with van der Waals surface area (Å²) in [5, 5.41) is 2.45. The number of rotatable bonds is 5. The van der Waals surface area contributed by atoms with Gasteiger partial charge in [-0.1, -0.05) is 27.7 Å². The van der Waals surface area contributed by atoms with E-state index in [1.165, 1.54) is 11.1 Å². The van der Waals surface area contributed by atoms with Crippen LogP contribution in [0.5, 0.6) is 0 Å². The molecule has 1 aromatic rings. The third-order valence-electron chi connectivity index (χ3n) is 3.36. The molecule has 1 radical (unpaired) electrons. The number of thiocarbonyl (C=S) groups is 1. The second-order valence-corrected chi connectivity index (χ2v) is 4.75. The summed E-state index contributed by atoms with van der Waals surface area (Å²) in [5.74, 6) is 1.02. The van der Waals surface area contributed by atoms with Gasteiger partial charge in [-0.25, -0.2) is 0 Å². The van der Waals surface area contributed by atoms with Crippen molar-refractivity contribution in [3.05, 3.63) is 29.3 Å². The van der Waals surface area contributed by atoms with E-state index in [1.54, 1.807) is 0 Å². The van der Waals surface area contributed by atoms with Gasteiger partial charge < -0.3 is 0 Å². The van der Waals surface area contributed by atoms with Gasteiger partial charge >= 0.3 is 0 Å². The second kappa shape index (κ2) is 6.68. The Labute approximate surface area is 110 Å². The van der Waals surface area contributed by atoms with Gasteiger partial charge in [0.15, 0.2) is 0 Å². The second-order valence-electron chi connectivity index (χ2n) is 4.57. The third kappa shape index (κ3) is 3.76. The van der Waals surface area contributed by atoms with Gasteiger partial charge in [0.1, 0.15) is 0 Å². The number of hydrogen-bond acceptors (Lipinski definition) is 2. The van der Waals surface area contributed by atoms with Gasteiger partial charge in [0.2, 0.25) is 0 Å². The molecule has 0 saturated heterocycles. The van der Waals surface area contributed by atoms with Crippen LogP contribution in [0.1, 0.15) is 63.5 Å². The van der Waals surface area contributed by atoms with E-state index in [4.69, 9.17) is 0 Å². The van der Waals surface area contributed by atoms with E-state index >= 15 is 0 Å². The van der Waals surface area contributed by atoms with E-state index in [9.17, 15) is 0 Å². The molecule has 0 heterocycles. The van der Waals surface area contributed by atoms with Crippen LogP contribution < -0.4 is 0 Å². The van der Waals surface area contributed by atoms with E-state index in [-0.39, 0.29) is 0 Å². The lowest BCUT2D eigenvalue weighted by Crippen LogP contribution is -1.97. The van der Waals surface area contributed by atoms with Gasteiger partial charge in [-0.2, -0.15) is 4.99 Å². The Morgan fingerprint density at radius 3 is 2.00 bits per heavy atom. The molecule has 0 amide bonds. The predicted molar refractivity (Wildman–Crippen MR) is 77.4 cm³/mol. The minimum absolute atomic E-state index is 0.512. The van der Waals surface area contributed by atoms with Crippen molar-refractivity contribution in [3.63, 3.8) is 0 Å². The summed E-state index contributed by atoms with van der Waals surface area (Å²) in [5.41, 5.74) is 3.37. The first kappa shape index (κ1) is 14.1. The zero-order valence-electron chi connectivity index (χ0n) is 11.1. The fraction of sp³-hybridized carbons (Fsp3) is 0.533. The summed E-state index contributed by atoms with van der Waals surface area (Å²) in [4.78, 5) is 4.11. The van der Waals surface area contributed by atoms with Crippen LogP contribution in [0, 0.1) is 6.07 Å². The normalized spacial score (nSPS) is 13.9. The van der Waals surface area contributed by atoms with E-state index in [1.807, 2.05) is 0 Å². The molecule has 1 nitrogen and oxygen atoms in total. The lowest BCUT2D eigenvalue weighted by Gasteiger charge is -2.14. The summed E-state index contributed by atoms with van der Waals surface area (Å²) >= 11 is 4.68. The highest BCUT2D eigenvalue weighted by Crippen LogP contribution is 2.29. The molecule has 0 spiro atoms. The first-order chi connectivity index (χ1) is 8.12. The largest absolute Gasteiger partial charge is 0.195 e. The molecule has 0 fully saturated rings. The molecule has 0 aromatic heterocycles. The smallest absolute Gasteiger partial charge is 0.0745 e. The van der Waals surface area contributed by atoms with Gasteiger partial charge in [0.05, 0.1) is 10.8 Å². The van der Waals surface area contributed by atoms with Crippen LogP contribution in [0.25, 0.3) is 0 Å². The van der Waals surface area contributed by atoms with Gasteiger partial charge in [-0.05, 0) is 66.2 Å². The lowest BCUT2D eigenvalue weighted by molar-refractivity contribution is 0.709. The van der Waals surface area contributed by atoms with Crippen LogP contribution in [0.15, 0.2) is 17.1 Å². The highest BCUT2D eigenvalue weighted by atomic mass is 32.1. The molecule has 2 heteroatoms. The SMILES string of the molecule is CCC(C)c1[c]c(C(C)CC)cc(N=C=S)c1. The van der Waals surface area contributed by atoms with Gasteiger partial charge in [-0.15, -0.1) is 0 Å². The average molecular weight is 246 g/mol. The maximum absolute atomic E-state index is 4.68. The molecule has 17 heavy (non-hydrogen) atoms. The molecule has 1 rings (SSSR count). The van der Waals surface area contributed by atoms with Crippen molar-refractivity contribution in [1.82, 2.24) is 0 Å². The van der Waals surface area contributed by atoms with Gasteiger partial charge in [0, 0.05) is 0 Å². The van der Waals surface area contributed by atoms with Gasteiger partial charge in [0.25, 0.3) is 0 Å². The third-order valence-corrected chi connectivity index (χ3v) is 3.45.